The standard InChI is InChI=1S/C15H20O4/c1-6-4-11-13(8(3)15(18)19-11)14(17)12-7(2)10(16)5-9(6)12/h5-8,11-14,17H,4H2,1-3H3/t6-,7+,8+,11+,12-,13+,14-/m0/s1. The molecule has 0 radical (unpaired) electrons. The molecule has 0 aromatic rings. The van der Waals surface area contributed by atoms with E-state index in [1.54, 1.807) is 6.08 Å². The third-order valence-electron chi connectivity index (χ3n) is 5.24. The summed E-state index contributed by atoms with van der Waals surface area (Å²) < 4.78 is 5.41. The second-order valence-electron chi connectivity index (χ2n) is 6.33. The molecule has 0 unspecified atom stereocenters. The Morgan fingerprint density at radius 1 is 1.21 bits per heavy atom. The highest BCUT2D eigenvalue weighted by atomic mass is 16.6. The van der Waals surface area contributed by atoms with Gasteiger partial charge in [0, 0.05) is 17.8 Å². The van der Waals surface area contributed by atoms with E-state index in [2.05, 4.69) is 6.92 Å². The second-order valence-corrected chi connectivity index (χ2v) is 6.33. The fourth-order valence-corrected chi connectivity index (χ4v) is 4.08. The smallest absolute Gasteiger partial charge is 0.309 e. The van der Waals surface area contributed by atoms with Gasteiger partial charge in [0.05, 0.1) is 12.0 Å². The van der Waals surface area contributed by atoms with Gasteiger partial charge in [-0.2, -0.15) is 0 Å². The average Bonchev–Trinajstić information content (AvgIpc) is 2.75. The summed E-state index contributed by atoms with van der Waals surface area (Å²) in [5, 5.41) is 10.7. The predicted molar refractivity (Wildman–Crippen MR) is 68.1 cm³/mol. The summed E-state index contributed by atoms with van der Waals surface area (Å²) in [4.78, 5) is 23.6. The van der Waals surface area contributed by atoms with Gasteiger partial charge in [-0.3, -0.25) is 9.59 Å². The number of carbonyl (C=O) groups is 2. The molecule has 3 rings (SSSR count). The maximum Gasteiger partial charge on any atom is 0.309 e. The first-order valence-electron chi connectivity index (χ1n) is 7.05. The van der Waals surface area contributed by atoms with Crippen molar-refractivity contribution in [2.75, 3.05) is 0 Å². The van der Waals surface area contributed by atoms with E-state index < -0.39 is 6.10 Å². The predicted octanol–water partition coefficient (Wildman–Crippen LogP) is 1.33. The van der Waals surface area contributed by atoms with Gasteiger partial charge in [-0.15, -0.1) is 0 Å². The zero-order chi connectivity index (χ0) is 13.9. The number of carbonyl (C=O) groups excluding carboxylic acids is 2. The van der Waals surface area contributed by atoms with E-state index in [1.165, 1.54) is 0 Å². The minimum atomic E-state index is -0.663. The lowest BCUT2D eigenvalue weighted by atomic mass is 9.77. The van der Waals surface area contributed by atoms with Gasteiger partial charge in [-0.1, -0.05) is 26.3 Å². The molecule has 0 spiro atoms. The lowest BCUT2D eigenvalue weighted by Gasteiger charge is -2.29. The lowest BCUT2D eigenvalue weighted by Crippen LogP contribution is -2.38. The highest BCUT2D eigenvalue weighted by Crippen LogP contribution is 2.48. The number of aliphatic hydroxyl groups is 1. The maximum atomic E-state index is 11.9. The van der Waals surface area contributed by atoms with Crippen molar-refractivity contribution in [1.29, 1.82) is 0 Å². The van der Waals surface area contributed by atoms with Gasteiger partial charge >= 0.3 is 5.97 Å². The highest BCUT2D eigenvalue weighted by molar-refractivity contribution is 5.95. The molecule has 0 aromatic heterocycles. The molecule has 2 aliphatic carbocycles. The lowest BCUT2D eigenvalue weighted by molar-refractivity contribution is -0.144. The summed E-state index contributed by atoms with van der Waals surface area (Å²) in [6.45, 7) is 5.74. The molecule has 3 aliphatic rings. The molecule has 1 saturated carbocycles. The number of allylic oxidation sites excluding steroid dienone is 1. The van der Waals surface area contributed by atoms with Crippen LogP contribution in [0.15, 0.2) is 11.6 Å². The number of hydrogen-bond donors (Lipinski definition) is 1. The molecule has 0 amide bonds. The normalized spacial score (nSPS) is 49.3. The summed E-state index contributed by atoms with van der Waals surface area (Å²) in [7, 11) is 0. The van der Waals surface area contributed by atoms with Crippen molar-refractivity contribution in [3.8, 4) is 0 Å². The Kier molecular flexibility index (Phi) is 2.82. The van der Waals surface area contributed by atoms with Gasteiger partial charge < -0.3 is 9.84 Å². The van der Waals surface area contributed by atoms with Crippen LogP contribution in [0.25, 0.3) is 0 Å². The van der Waals surface area contributed by atoms with Crippen LogP contribution in [0.1, 0.15) is 27.2 Å². The van der Waals surface area contributed by atoms with Crippen molar-refractivity contribution in [1.82, 2.24) is 0 Å². The fraction of sp³-hybridized carbons (Fsp3) is 0.733. The molecule has 19 heavy (non-hydrogen) atoms. The van der Waals surface area contributed by atoms with Crippen LogP contribution in [0.3, 0.4) is 0 Å². The van der Waals surface area contributed by atoms with Gasteiger partial charge in [-0.25, -0.2) is 0 Å². The van der Waals surface area contributed by atoms with E-state index in [1.807, 2.05) is 13.8 Å². The van der Waals surface area contributed by atoms with Crippen LogP contribution in [0, 0.1) is 29.6 Å². The molecule has 0 aromatic carbocycles. The molecule has 4 heteroatoms. The van der Waals surface area contributed by atoms with Crippen molar-refractivity contribution in [2.24, 2.45) is 29.6 Å². The first-order chi connectivity index (χ1) is 8.91. The molecule has 0 bridgehead atoms. The minimum Gasteiger partial charge on any atom is -0.462 e. The zero-order valence-corrected chi connectivity index (χ0v) is 11.5. The van der Waals surface area contributed by atoms with Crippen molar-refractivity contribution in [2.45, 2.75) is 39.4 Å². The van der Waals surface area contributed by atoms with Gasteiger partial charge in [0.25, 0.3) is 0 Å². The number of fused-ring (bicyclic) bond motifs is 2. The van der Waals surface area contributed by atoms with Gasteiger partial charge in [-0.05, 0) is 18.4 Å². The molecular weight excluding hydrogens is 244 g/mol. The minimum absolute atomic E-state index is 0.0993. The first-order valence-corrected chi connectivity index (χ1v) is 7.05. The van der Waals surface area contributed by atoms with E-state index in [0.29, 0.717) is 6.42 Å². The molecule has 1 heterocycles. The molecule has 1 N–H and O–H groups in total. The van der Waals surface area contributed by atoms with Crippen LogP contribution in [0.2, 0.25) is 0 Å². The third-order valence-corrected chi connectivity index (χ3v) is 5.24. The van der Waals surface area contributed by atoms with Gasteiger partial charge in [0.1, 0.15) is 6.10 Å². The first kappa shape index (κ1) is 12.9. The molecule has 1 aliphatic heterocycles. The number of aliphatic hydroxyl groups excluding tert-OH is 1. The van der Waals surface area contributed by atoms with Crippen LogP contribution in [0.4, 0.5) is 0 Å². The summed E-state index contributed by atoms with van der Waals surface area (Å²) in [6.07, 6.45) is 1.54. The SMILES string of the molecule is C[C@@H]1C(=O)C=C2[C@H]1[C@H](O)[C@H]1[C@@H](C[C@@H]2C)OC(=O)[C@@H]1C. The van der Waals surface area contributed by atoms with Crippen LogP contribution >= 0.6 is 0 Å². The van der Waals surface area contributed by atoms with Gasteiger partial charge in [0.2, 0.25) is 0 Å². The summed E-state index contributed by atoms with van der Waals surface area (Å²) >= 11 is 0. The van der Waals surface area contributed by atoms with Crippen molar-refractivity contribution >= 4 is 11.8 Å². The van der Waals surface area contributed by atoms with E-state index >= 15 is 0 Å². The largest absolute Gasteiger partial charge is 0.462 e. The topological polar surface area (TPSA) is 63.6 Å². The zero-order valence-electron chi connectivity index (χ0n) is 11.5. The van der Waals surface area contributed by atoms with Gasteiger partial charge in [0.15, 0.2) is 5.78 Å². The average molecular weight is 264 g/mol. The third kappa shape index (κ3) is 1.69. The van der Waals surface area contributed by atoms with Crippen molar-refractivity contribution in [3.63, 3.8) is 0 Å². The number of ketones is 1. The maximum absolute atomic E-state index is 11.9. The quantitative estimate of drug-likeness (QED) is 0.670. The summed E-state index contributed by atoms with van der Waals surface area (Å²) in [5.74, 6) is -0.730. The van der Waals surface area contributed by atoms with Crippen LogP contribution in [-0.2, 0) is 14.3 Å². The Bertz CT molecular complexity index is 467. The van der Waals surface area contributed by atoms with Crippen molar-refractivity contribution < 1.29 is 19.4 Å². The number of hydrogen-bond acceptors (Lipinski definition) is 4. The Labute approximate surface area is 112 Å². The molecule has 2 fully saturated rings. The Morgan fingerprint density at radius 2 is 1.89 bits per heavy atom. The highest BCUT2D eigenvalue weighted by Gasteiger charge is 2.54. The number of rotatable bonds is 0. The monoisotopic (exact) mass is 264 g/mol. The second kappa shape index (κ2) is 4.17. The fourth-order valence-electron chi connectivity index (χ4n) is 4.08. The summed E-state index contributed by atoms with van der Waals surface area (Å²) in [5.41, 5.74) is 1.04. The number of esters is 1. The Morgan fingerprint density at radius 3 is 2.58 bits per heavy atom. The number of ether oxygens (including phenoxy) is 1. The van der Waals surface area contributed by atoms with E-state index in [0.717, 1.165) is 5.57 Å². The van der Waals surface area contributed by atoms with Crippen LogP contribution in [0.5, 0.6) is 0 Å². The molecule has 1 saturated heterocycles. The molecule has 104 valence electrons. The molecule has 7 atom stereocenters. The van der Waals surface area contributed by atoms with Crippen LogP contribution < -0.4 is 0 Å². The Balaban J connectivity index is 2.01. The van der Waals surface area contributed by atoms with E-state index in [-0.39, 0.29) is 47.4 Å². The Hall–Kier alpha value is -1.16. The molecular formula is C15H20O4. The van der Waals surface area contributed by atoms with E-state index in [9.17, 15) is 14.7 Å². The van der Waals surface area contributed by atoms with Crippen LogP contribution in [-0.4, -0.2) is 29.1 Å². The van der Waals surface area contributed by atoms with Crippen molar-refractivity contribution in [3.05, 3.63) is 11.6 Å². The molecule has 4 nitrogen and oxygen atoms in total. The summed E-state index contributed by atoms with van der Waals surface area (Å²) in [6, 6.07) is 0. The van der Waals surface area contributed by atoms with E-state index in [4.69, 9.17) is 4.74 Å².